The topological polar surface area (TPSA) is 120 Å². The molecule has 0 atom stereocenters. The summed E-state index contributed by atoms with van der Waals surface area (Å²) in [5.41, 5.74) is 0.488. The fourth-order valence-electron chi connectivity index (χ4n) is 3.72. The van der Waals surface area contributed by atoms with Crippen LogP contribution in [0.5, 0.6) is 23.0 Å². The first-order valence-electron chi connectivity index (χ1n) is 10.3. The van der Waals surface area contributed by atoms with Crippen molar-refractivity contribution in [1.82, 2.24) is 0 Å². The number of ether oxygens (including phenoxy) is 3. The highest BCUT2D eigenvalue weighted by Crippen LogP contribution is 2.40. The Morgan fingerprint density at radius 2 is 1.76 bits per heavy atom. The number of benzene rings is 3. The first kappa shape index (κ1) is 22.6. The third-order valence-electron chi connectivity index (χ3n) is 5.35. The van der Waals surface area contributed by atoms with Crippen LogP contribution in [-0.2, 0) is 0 Å². The molecule has 1 aliphatic rings. The van der Waals surface area contributed by atoms with Crippen LogP contribution in [0, 0.1) is 10.1 Å². The van der Waals surface area contributed by atoms with Crippen molar-refractivity contribution in [3.63, 3.8) is 0 Å². The van der Waals surface area contributed by atoms with Crippen molar-refractivity contribution in [1.29, 1.82) is 0 Å². The van der Waals surface area contributed by atoms with E-state index in [0.717, 1.165) is 6.07 Å². The van der Waals surface area contributed by atoms with Gasteiger partial charge in [0.05, 0.1) is 36.5 Å². The molecule has 1 N–H and O–H groups in total. The van der Waals surface area contributed by atoms with E-state index in [1.54, 1.807) is 29.2 Å². The van der Waals surface area contributed by atoms with Crippen LogP contribution < -0.4 is 24.4 Å². The number of anilines is 2. The number of para-hydroxylation sites is 2. The molecule has 10 heteroatoms. The van der Waals surface area contributed by atoms with Gasteiger partial charge in [0.2, 0.25) is 0 Å². The lowest BCUT2D eigenvalue weighted by atomic mass is 10.1. The predicted molar refractivity (Wildman–Crippen MR) is 124 cm³/mol. The van der Waals surface area contributed by atoms with Crippen LogP contribution in [0.15, 0.2) is 54.6 Å². The van der Waals surface area contributed by atoms with Gasteiger partial charge in [-0.25, -0.2) is 0 Å². The second-order valence-electron chi connectivity index (χ2n) is 7.27. The average Bonchev–Trinajstić information content (AvgIpc) is 2.96. The first-order valence-corrected chi connectivity index (χ1v) is 10.3. The van der Waals surface area contributed by atoms with Crippen molar-refractivity contribution < 1.29 is 28.7 Å². The van der Waals surface area contributed by atoms with Crippen LogP contribution in [0.2, 0.25) is 0 Å². The fourth-order valence-corrected chi connectivity index (χ4v) is 3.72. The van der Waals surface area contributed by atoms with Crippen molar-refractivity contribution in [2.45, 2.75) is 6.92 Å². The van der Waals surface area contributed by atoms with E-state index in [1.165, 1.54) is 26.4 Å². The van der Waals surface area contributed by atoms with E-state index in [0.29, 0.717) is 23.7 Å². The quantitative estimate of drug-likeness (QED) is 0.418. The Balaban J connectivity index is 1.70. The van der Waals surface area contributed by atoms with Gasteiger partial charge >= 0.3 is 0 Å². The number of hydrogen-bond donors (Lipinski definition) is 1. The Bertz CT molecular complexity index is 1310. The Hall–Kier alpha value is -4.60. The highest BCUT2D eigenvalue weighted by Gasteiger charge is 2.28. The van der Waals surface area contributed by atoms with E-state index < -0.39 is 16.5 Å². The van der Waals surface area contributed by atoms with Gasteiger partial charge in [-0.1, -0.05) is 12.1 Å². The molecular weight excluding hydrogens is 442 g/mol. The maximum absolute atomic E-state index is 13.2. The largest absolute Gasteiger partial charge is 0.493 e. The van der Waals surface area contributed by atoms with Crippen molar-refractivity contribution in [3.05, 3.63) is 75.8 Å². The van der Waals surface area contributed by atoms with Crippen molar-refractivity contribution in [3.8, 4) is 23.0 Å². The maximum Gasteiger partial charge on any atom is 0.286 e. The number of rotatable bonds is 6. The fraction of sp³-hybridized carbons (Fsp3) is 0.167. The number of nitrogens with one attached hydrogen (secondary N) is 1. The summed E-state index contributed by atoms with van der Waals surface area (Å²) in [4.78, 5) is 38.7. The zero-order valence-electron chi connectivity index (χ0n) is 18.7. The first-order chi connectivity index (χ1) is 16.4. The van der Waals surface area contributed by atoms with Crippen LogP contribution in [0.1, 0.15) is 27.6 Å². The second kappa shape index (κ2) is 9.10. The number of hydrogen-bond acceptors (Lipinski definition) is 7. The van der Waals surface area contributed by atoms with Gasteiger partial charge in [0.25, 0.3) is 17.5 Å². The number of carbonyl (C=O) groups is 2. The van der Waals surface area contributed by atoms with Gasteiger partial charge in [0.1, 0.15) is 11.3 Å². The van der Waals surface area contributed by atoms with Crippen LogP contribution in [0.25, 0.3) is 0 Å². The summed E-state index contributed by atoms with van der Waals surface area (Å²) >= 11 is 0. The summed E-state index contributed by atoms with van der Waals surface area (Å²) in [6.07, 6.45) is 0. The molecule has 10 nitrogen and oxygen atoms in total. The monoisotopic (exact) mass is 463 g/mol. The molecule has 1 heterocycles. The normalized spacial score (nSPS) is 12.1. The Kier molecular flexibility index (Phi) is 6.05. The van der Waals surface area contributed by atoms with Crippen LogP contribution in [-0.4, -0.2) is 37.5 Å². The van der Waals surface area contributed by atoms with E-state index in [4.69, 9.17) is 14.2 Å². The Labute approximate surface area is 194 Å². The lowest BCUT2D eigenvalue weighted by Crippen LogP contribution is -2.29. The zero-order chi connectivity index (χ0) is 24.4. The molecule has 0 spiro atoms. The maximum atomic E-state index is 13.2. The number of nitro benzene ring substituents is 1. The predicted octanol–water partition coefficient (Wildman–Crippen LogP) is 4.64. The lowest BCUT2D eigenvalue weighted by molar-refractivity contribution is -0.385. The lowest BCUT2D eigenvalue weighted by Gasteiger charge is -2.19. The molecule has 34 heavy (non-hydrogen) atoms. The van der Waals surface area contributed by atoms with Crippen molar-refractivity contribution >= 4 is 28.9 Å². The molecule has 0 bridgehead atoms. The van der Waals surface area contributed by atoms with Gasteiger partial charge < -0.3 is 24.4 Å². The van der Waals surface area contributed by atoms with E-state index in [1.807, 2.05) is 19.1 Å². The van der Waals surface area contributed by atoms with Crippen LogP contribution in [0.3, 0.4) is 0 Å². The van der Waals surface area contributed by atoms with Crippen LogP contribution in [0.4, 0.5) is 17.1 Å². The van der Waals surface area contributed by atoms with E-state index in [-0.39, 0.29) is 34.2 Å². The zero-order valence-corrected chi connectivity index (χ0v) is 18.7. The van der Waals surface area contributed by atoms with E-state index >= 15 is 0 Å². The van der Waals surface area contributed by atoms with Gasteiger partial charge in [-0.2, -0.15) is 0 Å². The number of amides is 2. The minimum atomic E-state index is -0.745. The minimum Gasteiger partial charge on any atom is -0.493 e. The van der Waals surface area contributed by atoms with Crippen molar-refractivity contribution in [2.75, 3.05) is 31.0 Å². The molecule has 0 radical (unpaired) electrons. The van der Waals surface area contributed by atoms with Gasteiger partial charge in [-0.15, -0.1) is 0 Å². The number of fused-ring (bicyclic) bond motifs is 2. The van der Waals surface area contributed by atoms with Crippen molar-refractivity contribution in [2.24, 2.45) is 0 Å². The average molecular weight is 463 g/mol. The molecular formula is C24H21N3O7. The molecule has 2 amide bonds. The SMILES string of the molecule is CCN1C(=O)c2cc(NC(=O)c3cc(OC)c(OC)cc3[N+](=O)[O-])ccc2Oc2ccccc21. The molecule has 0 aromatic heterocycles. The summed E-state index contributed by atoms with van der Waals surface area (Å²) in [7, 11) is 2.70. The van der Waals surface area contributed by atoms with Gasteiger partial charge in [-0.05, 0) is 37.3 Å². The summed E-state index contributed by atoms with van der Waals surface area (Å²) in [6.45, 7) is 2.26. The minimum absolute atomic E-state index is 0.123. The summed E-state index contributed by atoms with van der Waals surface area (Å²) in [5, 5.41) is 14.2. The van der Waals surface area contributed by atoms with Gasteiger partial charge in [-0.3, -0.25) is 19.7 Å². The van der Waals surface area contributed by atoms with E-state index in [9.17, 15) is 19.7 Å². The molecule has 174 valence electrons. The smallest absolute Gasteiger partial charge is 0.286 e. The Morgan fingerprint density at radius 1 is 1.06 bits per heavy atom. The summed E-state index contributed by atoms with van der Waals surface area (Å²) < 4.78 is 16.2. The highest BCUT2D eigenvalue weighted by molar-refractivity contribution is 6.12. The number of methoxy groups -OCH3 is 2. The van der Waals surface area contributed by atoms with Crippen LogP contribution >= 0.6 is 0 Å². The second-order valence-corrected chi connectivity index (χ2v) is 7.27. The van der Waals surface area contributed by atoms with Gasteiger partial charge in [0, 0.05) is 18.3 Å². The summed E-state index contributed by atoms with van der Waals surface area (Å²) in [5.74, 6) is 0.122. The Morgan fingerprint density at radius 3 is 2.44 bits per heavy atom. The molecule has 0 fully saturated rings. The molecule has 0 unspecified atom stereocenters. The molecule has 3 aromatic carbocycles. The third-order valence-corrected chi connectivity index (χ3v) is 5.35. The molecule has 0 saturated heterocycles. The number of carbonyl (C=O) groups excluding carboxylic acids is 2. The van der Waals surface area contributed by atoms with Gasteiger partial charge in [0.15, 0.2) is 17.2 Å². The standard InChI is InChI=1S/C24H21N3O7/c1-4-26-17-7-5-6-8-20(17)34-19-10-9-14(11-16(19)24(26)29)25-23(28)15-12-21(32-2)22(33-3)13-18(15)27(30)31/h5-13H,4H2,1-3H3,(H,25,28). The molecule has 0 saturated carbocycles. The molecule has 4 rings (SSSR count). The summed E-state index contributed by atoms with van der Waals surface area (Å²) in [6, 6.07) is 14.2. The molecule has 3 aromatic rings. The number of nitrogens with zero attached hydrogens (tertiary/aromatic N) is 2. The molecule has 1 aliphatic heterocycles. The number of nitro groups is 1. The van der Waals surface area contributed by atoms with E-state index in [2.05, 4.69) is 5.32 Å². The third kappa shape index (κ3) is 3.96. The molecule has 0 aliphatic carbocycles. The highest BCUT2D eigenvalue weighted by atomic mass is 16.6.